The number of carbonyl (C=O) groups is 1. The Labute approximate surface area is 150 Å². The van der Waals surface area contributed by atoms with Gasteiger partial charge in [-0.3, -0.25) is 9.48 Å². The molecule has 6 heteroatoms. The molecule has 0 radical (unpaired) electrons. The summed E-state index contributed by atoms with van der Waals surface area (Å²) in [5, 5.41) is 4.33. The molecule has 1 aliphatic rings. The molecular weight excluding hydrogens is 333 g/mol. The SMILES string of the molecule is Cc1ccc(N2CCn3nc(OCc4cccc(F)c4)cc3C2=O)cc1. The molecule has 1 aliphatic heterocycles. The van der Waals surface area contributed by atoms with Crippen molar-refractivity contribution in [2.24, 2.45) is 0 Å². The van der Waals surface area contributed by atoms with E-state index in [0.717, 1.165) is 11.3 Å². The van der Waals surface area contributed by atoms with Crippen LogP contribution in [0.5, 0.6) is 5.88 Å². The summed E-state index contributed by atoms with van der Waals surface area (Å²) in [5.74, 6) is -0.0456. The van der Waals surface area contributed by atoms with Crippen molar-refractivity contribution >= 4 is 11.6 Å². The number of amides is 1. The van der Waals surface area contributed by atoms with Crippen molar-refractivity contribution in [3.63, 3.8) is 0 Å². The molecule has 26 heavy (non-hydrogen) atoms. The predicted octanol–water partition coefficient (Wildman–Crippen LogP) is 3.57. The van der Waals surface area contributed by atoms with E-state index in [1.807, 2.05) is 31.2 Å². The first kappa shape index (κ1) is 16.3. The number of benzene rings is 2. The molecule has 0 spiro atoms. The third kappa shape index (κ3) is 3.18. The fourth-order valence-electron chi connectivity index (χ4n) is 3.00. The molecule has 2 heterocycles. The number of aromatic nitrogens is 2. The lowest BCUT2D eigenvalue weighted by molar-refractivity contribution is 0.0962. The summed E-state index contributed by atoms with van der Waals surface area (Å²) in [6.45, 7) is 3.36. The van der Waals surface area contributed by atoms with Gasteiger partial charge in [0.2, 0.25) is 5.88 Å². The Bertz CT molecular complexity index is 950. The zero-order valence-corrected chi connectivity index (χ0v) is 14.4. The molecule has 0 N–H and O–H groups in total. The minimum Gasteiger partial charge on any atom is -0.472 e. The van der Waals surface area contributed by atoms with Crippen LogP contribution in [0.25, 0.3) is 0 Å². The van der Waals surface area contributed by atoms with E-state index in [2.05, 4.69) is 5.10 Å². The summed E-state index contributed by atoms with van der Waals surface area (Å²) in [6.07, 6.45) is 0. The van der Waals surface area contributed by atoms with Gasteiger partial charge in [-0.1, -0.05) is 29.8 Å². The lowest BCUT2D eigenvalue weighted by atomic mass is 10.2. The zero-order valence-electron chi connectivity index (χ0n) is 14.4. The van der Waals surface area contributed by atoms with Gasteiger partial charge in [-0.2, -0.15) is 0 Å². The minimum absolute atomic E-state index is 0.104. The van der Waals surface area contributed by atoms with E-state index in [1.165, 1.54) is 12.1 Å². The summed E-state index contributed by atoms with van der Waals surface area (Å²) < 4.78 is 20.5. The Hall–Kier alpha value is -3.15. The normalized spacial score (nSPS) is 13.6. The van der Waals surface area contributed by atoms with Gasteiger partial charge < -0.3 is 9.64 Å². The van der Waals surface area contributed by atoms with Crippen molar-refractivity contribution in [2.75, 3.05) is 11.4 Å². The molecule has 0 unspecified atom stereocenters. The highest BCUT2D eigenvalue weighted by Gasteiger charge is 2.27. The quantitative estimate of drug-likeness (QED) is 0.722. The second kappa shape index (κ2) is 6.63. The number of aryl methyl sites for hydroxylation is 1. The van der Waals surface area contributed by atoms with E-state index in [1.54, 1.807) is 27.8 Å². The van der Waals surface area contributed by atoms with Crippen LogP contribution in [0.2, 0.25) is 0 Å². The maximum absolute atomic E-state index is 13.2. The molecule has 2 aromatic carbocycles. The first-order valence-electron chi connectivity index (χ1n) is 8.44. The van der Waals surface area contributed by atoms with Crippen LogP contribution < -0.4 is 9.64 Å². The summed E-state index contributed by atoms with van der Waals surface area (Å²) in [4.78, 5) is 14.5. The van der Waals surface area contributed by atoms with Gasteiger partial charge in [-0.05, 0) is 36.8 Å². The minimum atomic E-state index is -0.306. The van der Waals surface area contributed by atoms with Crippen molar-refractivity contribution in [1.82, 2.24) is 9.78 Å². The molecule has 0 fully saturated rings. The number of fused-ring (bicyclic) bond motifs is 1. The van der Waals surface area contributed by atoms with E-state index < -0.39 is 0 Å². The molecule has 0 atom stereocenters. The van der Waals surface area contributed by atoms with Crippen LogP contribution in [0, 0.1) is 12.7 Å². The Morgan fingerprint density at radius 1 is 1.12 bits per heavy atom. The summed E-state index contributed by atoms with van der Waals surface area (Å²) in [7, 11) is 0. The van der Waals surface area contributed by atoms with E-state index in [4.69, 9.17) is 4.74 Å². The highest BCUT2D eigenvalue weighted by atomic mass is 19.1. The van der Waals surface area contributed by atoms with Crippen molar-refractivity contribution in [3.8, 4) is 5.88 Å². The number of ether oxygens (including phenoxy) is 1. The first-order valence-corrected chi connectivity index (χ1v) is 8.44. The smallest absolute Gasteiger partial charge is 0.276 e. The highest BCUT2D eigenvalue weighted by Crippen LogP contribution is 2.24. The van der Waals surface area contributed by atoms with Crippen molar-refractivity contribution in [2.45, 2.75) is 20.1 Å². The van der Waals surface area contributed by atoms with Gasteiger partial charge in [-0.25, -0.2) is 4.39 Å². The Balaban J connectivity index is 1.51. The van der Waals surface area contributed by atoms with Gasteiger partial charge >= 0.3 is 0 Å². The maximum atomic E-state index is 13.2. The summed E-state index contributed by atoms with van der Waals surface area (Å²) in [6, 6.07) is 15.7. The third-order valence-electron chi connectivity index (χ3n) is 4.38. The van der Waals surface area contributed by atoms with E-state index >= 15 is 0 Å². The largest absolute Gasteiger partial charge is 0.472 e. The number of hydrogen-bond acceptors (Lipinski definition) is 3. The molecule has 132 valence electrons. The van der Waals surface area contributed by atoms with Gasteiger partial charge in [0.15, 0.2) is 0 Å². The number of hydrogen-bond donors (Lipinski definition) is 0. The van der Waals surface area contributed by atoms with E-state index in [9.17, 15) is 9.18 Å². The van der Waals surface area contributed by atoms with Crippen LogP contribution in [-0.4, -0.2) is 22.2 Å². The molecule has 0 saturated heterocycles. The van der Waals surface area contributed by atoms with Gasteiger partial charge in [-0.15, -0.1) is 5.10 Å². The third-order valence-corrected chi connectivity index (χ3v) is 4.38. The van der Waals surface area contributed by atoms with Gasteiger partial charge in [0, 0.05) is 18.3 Å². The summed E-state index contributed by atoms with van der Waals surface area (Å²) in [5.41, 5.74) is 3.22. The van der Waals surface area contributed by atoms with Crippen LogP contribution in [0.15, 0.2) is 54.6 Å². The Kier molecular flexibility index (Phi) is 4.16. The number of nitrogens with zero attached hydrogens (tertiary/aromatic N) is 3. The number of anilines is 1. The van der Waals surface area contributed by atoms with Gasteiger partial charge in [0.1, 0.15) is 18.1 Å². The predicted molar refractivity (Wildman–Crippen MR) is 95.8 cm³/mol. The zero-order chi connectivity index (χ0) is 18.1. The van der Waals surface area contributed by atoms with Gasteiger partial charge in [0.05, 0.1) is 6.54 Å². The lowest BCUT2D eigenvalue weighted by Gasteiger charge is -2.27. The van der Waals surface area contributed by atoms with Crippen molar-refractivity contribution < 1.29 is 13.9 Å². The van der Waals surface area contributed by atoms with Crippen molar-refractivity contribution in [1.29, 1.82) is 0 Å². The standard InChI is InChI=1S/C20H18FN3O2/c1-14-5-7-17(8-6-14)23-9-10-24-18(20(23)25)12-19(22-24)26-13-15-3-2-4-16(21)11-15/h2-8,11-12H,9-10,13H2,1H3. The second-order valence-electron chi connectivity index (χ2n) is 6.30. The monoisotopic (exact) mass is 351 g/mol. The average Bonchev–Trinajstić information content (AvgIpc) is 3.06. The van der Waals surface area contributed by atoms with Crippen LogP contribution in [-0.2, 0) is 13.2 Å². The Morgan fingerprint density at radius 2 is 1.92 bits per heavy atom. The van der Waals surface area contributed by atoms with Gasteiger partial charge in [0.25, 0.3) is 5.91 Å². The molecule has 0 bridgehead atoms. The highest BCUT2D eigenvalue weighted by molar-refractivity contribution is 6.05. The van der Waals surface area contributed by atoms with Crippen LogP contribution in [0.1, 0.15) is 21.6 Å². The molecule has 3 aromatic rings. The van der Waals surface area contributed by atoms with Crippen LogP contribution >= 0.6 is 0 Å². The summed E-state index contributed by atoms with van der Waals surface area (Å²) >= 11 is 0. The van der Waals surface area contributed by atoms with Crippen LogP contribution in [0.3, 0.4) is 0 Å². The number of carbonyl (C=O) groups excluding carboxylic acids is 1. The molecule has 0 aliphatic carbocycles. The van der Waals surface area contributed by atoms with E-state index in [0.29, 0.717) is 30.2 Å². The fourth-order valence-corrected chi connectivity index (χ4v) is 3.00. The molecular formula is C20H18FN3O2. The average molecular weight is 351 g/mol. The number of halogens is 1. The Morgan fingerprint density at radius 3 is 2.69 bits per heavy atom. The molecule has 5 nitrogen and oxygen atoms in total. The molecule has 4 rings (SSSR count). The molecule has 0 saturated carbocycles. The van der Waals surface area contributed by atoms with Crippen molar-refractivity contribution in [3.05, 3.63) is 77.2 Å². The molecule has 1 amide bonds. The first-order chi connectivity index (χ1) is 12.6. The lowest BCUT2D eigenvalue weighted by Crippen LogP contribution is -2.40. The maximum Gasteiger partial charge on any atom is 0.276 e. The molecule has 1 aromatic heterocycles. The topological polar surface area (TPSA) is 47.4 Å². The second-order valence-corrected chi connectivity index (χ2v) is 6.30. The fraction of sp³-hybridized carbons (Fsp3) is 0.200. The number of rotatable bonds is 4. The van der Waals surface area contributed by atoms with E-state index in [-0.39, 0.29) is 18.3 Å². The van der Waals surface area contributed by atoms with Crippen LogP contribution in [0.4, 0.5) is 10.1 Å².